The topological polar surface area (TPSA) is 34.8 Å². The predicted octanol–water partition coefficient (Wildman–Crippen LogP) is 7.32. The first-order valence-corrected chi connectivity index (χ1v) is 11.9. The molecule has 35 heavy (non-hydrogen) atoms. The molecule has 0 fully saturated rings. The molecule has 176 valence electrons. The van der Waals surface area contributed by atoms with Gasteiger partial charge in [0, 0.05) is 36.3 Å². The van der Waals surface area contributed by atoms with Gasteiger partial charge in [-0.2, -0.15) is 0 Å². The molecule has 0 saturated heterocycles. The summed E-state index contributed by atoms with van der Waals surface area (Å²) in [6.07, 6.45) is -0.364. The molecule has 0 aliphatic carbocycles. The number of benzene rings is 2. The van der Waals surface area contributed by atoms with Gasteiger partial charge in [0.2, 0.25) is 11.4 Å². The lowest BCUT2D eigenvalue weighted by Crippen LogP contribution is -2.32. The minimum Gasteiger partial charge on any atom is -0.437 e. The van der Waals surface area contributed by atoms with Crippen molar-refractivity contribution >= 4 is 44.0 Å². The summed E-state index contributed by atoms with van der Waals surface area (Å²) in [5.41, 5.74) is 5.87. The average molecular weight is 468 g/mol. The normalized spacial score (nSPS) is 15.4. The third kappa shape index (κ3) is 3.35. The van der Waals surface area contributed by atoms with E-state index in [9.17, 15) is 0 Å². The fourth-order valence-corrected chi connectivity index (χ4v) is 5.13. The molecule has 0 unspecified atom stereocenters. The van der Waals surface area contributed by atoms with Crippen LogP contribution in [0, 0.1) is 19.2 Å². The number of hydrogen-bond acceptors (Lipinski definition) is 2. The molecular weight excluding hydrogens is 430 g/mol. The van der Waals surface area contributed by atoms with Gasteiger partial charge in [-0.25, -0.2) is 9.55 Å². The molecule has 0 bridgehead atoms. The molecule has 0 N–H and O–H groups in total. The third-order valence-corrected chi connectivity index (χ3v) is 6.74. The number of para-hydroxylation sites is 1. The van der Waals surface area contributed by atoms with Crippen molar-refractivity contribution in [2.75, 3.05) is 0 Å². The third-order valence-electron chi connectivity index (χ3n) is 6.74. The van der Waals surface area contributed by atoms with Crippen LogP contribution in [0.1, 0.15) is 44.3 Å². The Labute approximate surface area is 212 Å². The molecular formula is C31H32N3O+. The van der Waals surface area contributed by atoms with Gasteiger partial charge in [-0.05, 0) is 48.8 Å². The zero-order valence-corrected chi connectivity index (χ0v) is 20.9. The molecule has 0 aliphatic rings. The highest BCUT2D eigenvalue weighted by Crippen LogP contribution is 2.39. The van der Waals surface area contributed by atoms with Crippen LogP contribution in [0.15, 0.2) is 59.1 Å². The SMILES string of the molecule is [2H]C([2H])([2H])c1c[n+](C)c(-c2c(C)ccc3c2oc2nc4c5ccccc5n(C)c4cc23)cc1C([2H])([2H])C(C)(C)C. The molecule has 0 radical (unpaired) electrons. The van der Waals surface area contributed by atoms with Gasteiger partial charge in [0.1, 0.15) is 12.6 Å². The lowest BCUT2D eigenvalue weighted by Gasteiger charge is -2.19. The summed E-state index contributed by atoms with van der Waals surface area (Å²) in [5.74, 6) is 0. The standard InChI is InChI=1S/C31H32N3O/c1-18-12-13-21-23-15-26-28(22-10-8-9-11-24(22)34(26)7)32-30(23)35-29(21)27(18)25-14-20(16-31(3,4)5)19(2)17-33(25)6/h8-15,17H,16H2,1-7H3/q+1/i2D3,16D2. The number of pyridine rings is 2. The highest BCUT2D eigenvalue weighted by molar-refractivity contribution is 6.15. The molecule has 4 heteroatoms. The van der Waals surface area contributed by atoms with Crippen LogP contribution >= 0.6 is 0 Å². The summed E-state index contributed by atoms with van der Waals surface area (Å²) in [4.78, 5) is 4.96. The Hall–Kier alpha value is -3.66. The Morgan fingerprint density at radius 2 is 1.83 bits per heavy atom. The molecule has 6 rings (SSSR count). The smallest absolute Gasteiger partial charge is 0.228 e. The first kappa shape index (κ1) is 16.9. The maximum atomic E-state index is 9.00. The maximum absolute atomic E-state index is 9.00. The summed E-state index contributed by atoms with van der Waals surface area (Å²) >= 11 is 0. The lowest BCUT2D eigenvalue weighted by molar-refractivity contribution is -0.660. The molecule has 0 atom stereocenters. The summed E-state index contributed by atoms with van der Waals surface area (Å²) < 4.78 is 52.9. The van der Waals surface area contributed by atoms with E-state index in [0.29, 0.717) is 17.0 Å². The molecule has 0 spiro atoms. The second-order valence-electron chi connectivity index (χ2n) is 10.5. The van der Waals surface area contributed by atoms with Crippen LogP contribution in [0.3, 0.4) is 0 Å². The van der Waals surface area contributed by atoms with E-state index in [1.54, 1.807) is 44.6 Å². The van der Waals surface area contributed by atoms with Crippen LogP contribution < -0.4 is 4.57 Å². The first-order chi connectivity index (χ1) is 18.6. The van der Waals surface area contributed by atoms with Crippen molar-refractivity contribution in [2.45, 2.75) is 40.9 Å². The van der Waals surface area contributed by atoms with E-state index in [1.165, 1.54) is 0 Å². The average Bonchev–Trinajstić information content (AvgIpc) is 3.36. The number of rotatable bonds is 2. The molecule has 4 aromatic heterocycles. The van der Waals surface area contributed by atoms with Gasteiger partial charge in [-0.3, -0.25) is 0 Å². The quantitative estimate of drug-likeness (QED) is 0.250. The van der Waals surface area contributed by atoms with E-state index >= 15 is 0 Å². The molecule has 6 aromatic rings. The van der Waals surface area contributed by atoms with Crippen molar-refractivity contribution in [3.63, 3.8) is 0 Å². The second kappa shape index (κ2) is 7.42. The van der Waals surface area contributed by atoms with Crippen molar-refractivity contribution in [1.29, 1.82) is 0 Å². The van der Waals surface area contributed by atoms with Crippen molar-refractivity contribution < 1.29 is 15.8 Å². The van der Waals surface area contributed by atoms with Gasteiger partial charge in [0.25, 0.3) is 0 Å². The molecule has 0 saturated carbocycles. The zero-order valence-electron chi connectivity index (χ0n) is 25.9. The van der Waals surface area contributed by atoms with E-state index < -0.39 is 18.6 Å². The maximum Gasteiger partial charge on any atom is 0.228 e. The van der Waals surface area contributed by atoms with E-state index in [1.807, 2.05) is 38.2 Å². The van der Waals surface area contributed by atoms with Crippen molar-refractivity contribution in [3.8, 4) is 11.3 Å². The van der Waals surface area contributed by atoms with Crippen LogP contribution in [0.2, 0.25) is 0 Å². The largest absolute Gasteiger partial charge is 0.437 e. The van der Waals surface area contributed by atoms with Gasteiger partial charge >= 0.3 is 0 Å². The number of nitrogens with zero attached hydrogens (tertiary/aromatic N) is 3. The highest BCUT2D eigenvalue weighted by atomic mass is 16.3. The number of furan rings is 1. The Morgan fingerprint density at radius 3 is 2.60 bits per heavy atom. The molecule has 2 aromatic carbocycles. The number of aryl methyl sites for hydroxylation is 4. The van der Waals surface area contributed by atoms with Gasteiger partial charge in [0.15, 0.2) is 11.8 Å². The summed E-state index contributed by atoms with van der Waals surface area (Å²) in [5, 5.41) is 2.84. The number of fused-ring (bicyclic) bond motifs is 6. The van der Waals surface area contributed by atoms with Crippen LogP contribution in [0.4, 0.5) is 0 Å². The number of aromatic nitrogens is 3. The Morgan fingerprint density at radius 1 is 1.03 bits per heavy atom. The van der Waals surface area contributed by atoms with E-state index in [0.717, 1.165) is 43.8 Å². The minimum atomic E-state index is -2.47. The summed E-state index contributed by atoms with van der Waals surface area (Å²) in [6, 6.07) is 16.0. The van der Waals surface area contributed by atoms with Crippen LogP contribution in [-0.4, -0.2) is 9.55 Å². The molecule has 0 amide bonds. The molecule has 4 nitrogen and oxygen atoms in total. The van der Waals surface area contributed by atoms with Crippen molar-refractivity contribution in [2.24, 2.45) is 19.5 Å². The van der Waals surface area contributed by atoms with Crippen molar-refractivity contribution in [3.05, 3.63) is 71.4 Å². The molecule has 0 aliphatic heterocycles. The fourth-order valence-electron chi connectivity index (χ4n) is 5.13. The van der Waals surface area contributed by atoms with E-state index in [2.05, 4.69) is 22.8 Å². The monoisotopic (exact) mass is 467 g/mol. The van der Waals surface area contributed by atoms with Crippen molar-refractivity contribution in [1.82, 2.24) is 9.55 Å². The van der Waals surface area contributed by atoms with E-state index in [4.69, 9.17) is 16.3 Å². The Balaban J connectivity index is 1.69. The summed E-state index contributed by atoms with van der Waals surface area (Å²) in [6.45, 7) is 4.86. The number of hydrogen-bond donors (Lipinski definition) is 0. The van der Waals surface area contributed by atoms with E-state index in [-0.39, 0.29) is 11.1 Å². The minimum absolute atomic E-state index is 0.00732. The predicted molar refractivity (Wildman–Crippen MR) is 145 cm³/mol. The Bertz CT molecular complexity index is 1990. The lowest BCUT2D eigenvalue weighted by atomic mass is 9.86. The second-order valence-corrected chi connectivity index (χ2v) is 10.5. The van der Waals surface area contributed by atoms with Crippen LogP contribution in [0.25, 0.3) is 55.3 Å². The zero-order chi connectivity index (χ0) is 28.9. The van der Waals surface area contributed by atoms with Crippen LogP contribution in [0.5, 0.6) is 0 Å². The van der Waals surface area contributed by atoms with Gasteiger partial charge in [-0.1, -0.05) is 51.1 Å². The fraction of sp³-hybridized carbons (Fsp3) is 0.290. The molecule has 4 heterocycles. The van der Waals surface area contributed by atoms with Crippen LogP contribution in [-0.2, 0) is 20.5 Å². The first-order valence-electron chi connectivity index (χ1n) is 14.4. The van der Waals surface area contributed by atoms with Gasteiger partial charge < -0.3 is 8.98 Å². The van der Waals surface area contributed by atoms with Gasteiger partial charge in [-0.15, -0.1) is 0 Å². The summed E-state index contributed by atoms with van der Waals surface area (Å²) in [7, 11) is 3.83. The Kier molecular flexibility index (Phi) is 3.58. The van der Waals surface area contributed by atoms with Gasteiger partial charge in [0.05, 0.1) is 22.0 Å². The highest BCUT2D eigenvalue weighted by Gasteiger charge is 2.24.